The van der Waals surface area contributed by atoms with Crippen LogP contribution in [0, 0.1) is 5.82 Å². The molecule has 3 rings (SSSR count). The van der Waals surface area contributed by atoms with E-state index in [0.29, 0.717) is 5.02 Å². The topological polar surface area (TPSA) is 119 Å². The van der Waals surface area contributed by atoms with Gasteiger partial charge in [0.25, 0.3) is 11.8 Å². The van der Waals surface area contributed by atoms with Gasteiger partial charge in [-0.1, -0.05) is 23.7 Å². The predicted octanol–water partition coefficient (Wildman–Crippen LogP) is 1.79. The van der Waals surface area contributed by atoms with Crippen molar-refractivity contribution in [3.63, 3.8) is 0 Å². The minimum atomic E-state index is -4.03. The number of carbonyl (C=O) groups is 3. The molecule has 0 aromatic heterocycles. The fraction of sp³-hybridized carbons (Fsp3) is 0.211. The molecule has 0 heterocycles. The number of hydrogen-bond donors (Lipinski definition) is 2. The minimum Gasteiger partial charge on any atom is -0.454 e. The lowest BCUT2D eigenvalue weighted by Gasteiger charge is -2.15. The Labute approximate surface area is 176 Å². The fourth-order valence-corrected chi connectivity index (χ4v) is 4.66. The zero-order valence-electron chi connectivity index (χ0n) is 15.4. The summed E-state index contributed by atoms with van der Waals surface area (Å²) in [6.07, 6.45) is 0.116. The Hall–Kier alpha value is -2.98. The number of hydrazine groups is 1. The first-order valence-corrected chi connectivity index (χ1v) is 10.5. The summed E-state index contributed by atoms with van der Waals surface area (Å²) in [6, 6.07) is 10.5. The molecule has 0 bridgehead atoms. The molecule has 2 aromatic carbocycles. The third-order valence-electron chi connectivity index (χ3n) is 4.48. The molecule has 0 saturated heterocycles. The largest absolute Gasteiger partial charge is 0.454 e. The van der Waals surface area contributed by atoms with Gasteiger partial charge in [-0.3, -0.25) is 25.2 Å². The number of carbonyl (C=O) groups excluding carboxylic acids is 3. The van der Waals surface area contributed by atoms with Crippen LogP contribution < -0.4 is 10.9 Å². The molecule has 8 nitrogen and oxygen atoms in total. The lowest BCUT2D eigenvalue weighted by Crippen LogP contribution is -2.44. The van der Waals surface area contributed by atoms with Gasteiger partial charge in [-0.05, 0) is 49.2 Å². The predicted molar refractivity (Wildman–Crippen MR) is 104 cm³/mol. The van der Waals surface area contributed by atoms with Gasteiger partial charge in [0.2, 0.25) is 0 Å². The van der Waals surface area contributed by atoms with E-state index in [4.69, 9.17) is 16.3 Å². The van der Waals surface area contributed by atoms with E-state index in [-0.39, 0.29) is 23.3 Å². The first kappa shape index (κ1) is 21.7. The molecule has 30 heavy (non-hydrogen) atoms. The van der Waals surface area contributed by atoms with Crippen molar-refractivity contribution in [1.82, 2.24) is 10.9 Å². The van der Waals surface area contributed by atoms with Gasteiger partial charge in [0, 0.05) is 5.02 Å². The maximum Gasteiger partial charge on any atom is 0.328 e. The number of amides is 2. The molecule has 1 aliphatic carbocycles. The second-order valence-corrected chi connectivity index (χ2v) is 9.21. The van der Waals surface area contributed by atoms with E-state index in [1.165, 1.54) is 42.5 Å². The number of hydrogen-bond acceptors (Lipinski definition) is 6. The summed E-state index contributed by atoms with van der Waals surface area (Å²) in [5.74, 6) is -3.67. The Morgan fingerprint density at radius 1 is 1.03 bits per heavy atom. The second-order valence-electron chi connectivity index (χ2n) is 6.51. The molecule has 2 aromatic rings. The van der Waals surface area contributed by atoms with Gasteiger partial charge >= 0.3 is 5.97 Å². The normalized spacial score (nSPS) is 14.5. The van der Waals surface area contributed by atoms with Crippen LogP contribution in [0.2, 0.25) is 5.02 Å². The van der Waals surface area contributed by atoms with E-state index < -0.39 is 44.8 Å². The monoisotopic (exact) mass is 454 g/mol. The Kier molecular flexibility index (Phi) is 6.09. The lowest BCUT2D eigenvalue weighted by atomic mass is 10.2. The Balaban J connectivity index is 1.56. The van der Waals surface area contributed by atoms with Gasteiger partial charge in [-0.15, -0.1) is 0 Å². The molecule has 1 fully saturated rings. The van der Waals surface area contributed by atoms with Crippen LogP contribution in [0.5, 0.6) is 0 Å². The van der Waals surface area contributed by atoms with E-state index in [0.717, 1.165) is 6.07 Å². The first-order valence-electron chi connectivity index (χ1n) is 8.68. The van der Waals surface area contributed by atoms with Crippen LogP contribution in [0.3, 0.4) is 0 Å². The molecular weight excluding hydrogens is 439 g/mol. The lowest BCUT2D eigenvalue weighted by molar-refractivity contribution is -0.149. The van der Waals surface area contributed by atoms with Crippen LogP contribution in [0.4, 0.5) is 4.39 Å². The number of sulfone groups is 1. The summed E-state index contributed by atoms with van der Waals surface area (Å²) in [6.45, 7) is -0.825. The molecule has 158 valence electrons. The average molecular weight is 455 g/mol. The van der Waals surface area contributed by atoms with Crippen molar-refractivity contribution in [2.45, 2.75) is 22.5 Å². The van der Waals surface area contributed by atoms with Crippen LogP contribution in [0.15, 0.2) is 53.4 Å². The first-order chi connectivity index (χ1) is 14.2. The molecular formula is C19H16ClFN2O6S. The summed E-state index contributed by atoms with van der Waals surface area (Å²) in [7, 11) is -4.03. The molecule has 1 aliphatic rings. The highest BCUT2D eigenvalue weighted by Gasteiger charge is 2.62. The fourth-order valence-electron chi connectivity index (χ4n) is 2.67. The molecule has 2 amide bonds. The molecule has 0 spiro atoms. The van der Waals surface area contributed by atoms with Gasteiger partial charge in [-0.2, -0.15) is 0 Å². The van der Waals surface area contributed by atoms with Crippen LogP contribution in [-0.4, -0.2) is 37.6 Å². The summed E-state index contributed by atoms with van der Waals surface area (Å²) in [4.78, 5) is 35.9. The zero-order valence-corrected chi connectivity index (χ0v) is 16.9. The molecule has 0 unspecified atom stereocenters. The molecule has 0 atom stereocenters. The van der Waals surface area contributed by atoms with Crippen LogP contribution in [-0.2, 0) is 24.2 Å². The molecule has 0 aliphatic heterocycles. The summed E-state index contributed by atoms with van der Waals surface area (Å²) in [5.41, 5.74) is 3.65. The van der Waals surface area contributed by atoms with E-state index in [1.54, 1.807) is 0 Å². The van der Waals surface area contributed by atoms with Crippen molar-refractivity contribution in [3.05, 3.63) is 64.9 Å². The molecule has 2 N–H and O–H groups in total. The van der Waals surface area contributed by atoms with Crippen molar-refractivity contribution < 1.29 is 31.9 Å². The average Bonchev–Trinajstić information content (AvgIpc) is 3.53. The number of nitrogens with one attached hydrogen (secondary N) is 2. The smallest absolute Gasteiger partial charge is 0.328 e. The number of halogens is 2. The van der Waals surface area contributed by atoms with E-state index in [9.17, 15) is 27.2 Å². The van der Waals surface area contributed by atoms with Gasteiger partial charge in [0.1, 0.15) is 5.82 Å². The number of ether oxygens (including phenoxy) is 1. The number of benzene rings is 2. The van der Waals surface area contributed by atoms with Crippen LogP contribution in [0.25, 0.3) is 0 Å². The second kappa shape index (κ2) is 8.41. The highest BCUT2D eigenvalue weighted by Crippen LogP contribution is 2.47. The summed E-state index contributed by atoms with van der Waals surface area (Å²) >= 11 is 5.76. The Morgan fingerprint density at radius 3 is 2.27 bits per heavy atom. The van der Waals surface area contributed by atoms with Gasteiger partial charge in [-0.25, -0.2) is 12.8 Å². The quantitative estimate of drug-likeness (QED) is 0.507. The maximum atomic E-state index is 13.5. The third kappa shape index (κ3) is 4.29. The van der Waals surface area contributed by atoms with Crippen molar-refractivity contribution in [3.8, 4) is 0 Å². The third-order valence-corrected chi connectivity index (χ3v) is 7.23. The van der Waals surface area contributed by atoms with Crippen molar-refractivity contribution in [1.29, 1.82) is 0 Å². The SMILES string of the molecule is O=C(COC(=O)C1(S(=O)(=O)c2ccc(Cl)cc2)CC1)NNC(=O)c1ccccc1F. The van der Waals surface area contributed by atoms with Crippen molar-refractivity contribution >= 4 is 39.2 Å². The highest BCUT2D eigenvalue weighted by atomic mass is 35.5. The van der Waals surface area contributed by atoms with Crippen LogP contribution >= 0.6 is 11.6 Å². The van der Waals surface area contributed by atoms with E-state index in [2.05, 4.69) is 0 Å². The zero-order chi connectivity index (χ0) is 21.9. The molecule has 1 saturated carbocycles. The Bertz CT molecular complexity index is 1100. The van der Waals surface area contributed by atoms with Gasteiger partial charge in [0.15, 0.2) is 21.2 Å². The summed E-state index contributed by atoms with van der Waals surface area (Å²) in [5, 5.41) is 0.343. The minimum absolute atomic E-state index is 0.0580. The van der Waals surface area contributed by atoms with Crippen molar-refractivity contribution in [2.75, 3.05) is 6.61 Å². The number of esters is 1. The number of rotatable bonds is 6. The molecule has 0 radical (unpaired) electrons. The maximum absolute atomic E-state index is 13.5. The molecule has 11 heteroatoms. The highest BCUT2D eigenvalue weighted by molar-refractivity contribution is 7.94. The van der Waals surface area contributed by atoms with Gasteiger partial charge in [0.05, 0.1) is 10.5 Å². The van der Waals surface area contributed by atoms with Crippen molar-refractivity contribution in [2.24, 2.45) is 0 Å². The van der Waals surface area contributed by atoms with E-state index >= 15 is 0 Å². The van der Waals surface area contributed by atoms with Crippen LogP contribution in [0.1, 0.15) is 23.2 Å². The summed E-state index contributed by atoms with van der Waals surface area (Å²) < 4.78 is 42.2. The standard InChI is InChI=1S/C19H16ClFN2O6S/c20-12-5-7-13(8-6-12)30(27,28)19(9-10-19)18(26)29-11-16(24)22-23-17(25)14-3-1-2-4-15(14)21/h1-8H,9-11H2,(H,22,24)(H,23,25). The van der Waals surface area contributed by atoms with E-state index in [1.807, 2.05) is 10.9 Å². The Morgan fingerprint density at radius 2 is 1.67 bits per heavy atom. The van der Waals surface area contributed by atoms with Gasteiger partial charge < -0.3 is 4.74 Å².